The summed E-state index contributed by atoms with van der Waals surface area (Å²) in [5.74, 6) is 0. The van der Waals surface area contributed by atoms with Crippen LogP contribution < -0.4 is 24.8 Å². The third kappa shape index (κ3) is 3.48. The molecule has 0 fully saturated rings. The second kappa shape index (κ2) is 7.94. The first-order valence-corrected chi connectivity index (χ1v) is 12.5. The Balaban J connectivity index is 0.00000113. The van der Waals surface area contributed by atoms with Gasteiger partial charge in [-0.2, -0.15) is 0 Å². The van der Waals surface area contributed by atoms with Crippen LogP contribution in [0.3, 0.4) is 0 Å². The van der Waals surface area contributed by atoms with Gasteiger partial charge in [-0.1, -0.05) is 0 Å². The van der Waals surface area contributed by atoms with Gasteiger partial charge in [0.25, 0.3) is 0 Å². The Hall–Kier alpha value is -0.630. The first-order valence-electron chi connectivity index (χ1n) is 8.37. The average Bonchev–Trinajstić information content (AvgIpc) is 3.01. The van der Waals surface area contributed by atoms with Crippen molar-refractivity contribution in [1.82, 2.24) is 0 Å². The molecular weight excluding hydrogens is 514 g/mol. The molecule has 2 aliphatic carbocycles. The third-order valence-electron chi connectivity index (χ3n) is 5.33. The molecule has 0 saturated carbocycles. The Bertz CT molecular complexity index is 793. The quantitative estimate of drug-likeness (QED) is 0.476. The van der Waals surface area contributed by atoms with Gasteiger partial charge in [0.1, 0.15) is 0 Å². The molecule has 0 heterocycles. The van der Waals surface area contributed by atoms with Crippen molar-refractivity contribution in [3.05, 3.63) is 80.9 Å². The summed E-state index contributed by atoms with van der Waals surface area (Å²) in [6.07, 6.45) is 4.90. The van der Waals surface area contributed by atoms with Gasteiger partial charge in [-0.3, -0.25) is 0 Å². The molecule has 0 aliphatic heterocycles. The van der Waals surface area contributed by atoms with Crippen molar-refractivity contribution in [3.63, 3.8) is 0 Å². The van der Waals surface area contributed by atoms with Crippen LogP contribution >= 0.6 is 0 Å². The monoisotopic (exact) mass is 536 g/mol. The molecule has 0 saturated heterocycles. The van der Waals surface area contributed by atoms with Gasteiger partial charge >= 0.3 is 151 Å². The van der Waals surface area contributed by atoms with Gasteiger partial charge < -0.3 is 24.8 Å². The molecular formula is C22H22Cl2Hf. The van der Waals surface area contributed by atoms with Crippen molar-refractivity contribution in [3.8, 4) is 0 Å². The van der Waals surface area contributed by atoms with Gasteiger partial charge in [0.05, 0.1) is 0 Å². The van der Waals surface area contributed by atoms with Gasteiger partial charge in [-0.05, 0) is 0 Å². The van der Waals surface area contributed by atoms with Crippen LogP contribution in [-0.4, -0.2) is 0 Å². The molecule has 25 heavy (non-hydrogen) atoms. The van der Waals surface area contributed by atoms with E-state index in [1.807, 2.05) is 0 Å². The summed E-state index contributed by atoms with van der Waals surface area (Å²) in [6, 6.07) is 13.7. The van der Waals surface area contributed by atoms with Gasteiger partial charge in [0.2, 0.25) is 0 Å². The second-order valence-corrected chi connectivity index (χ2v) is 12.3. The molecule has 0 nitrogen and oxygen atoms in total. The molecule has 0 aromatic heterocycles. The van der Waals surface area contributed by atoms with Crippen molar-refractivity contribution >= 4 is 12.2 Å². The summed E-state index contributed by atoms with van der Waals surface area (Å²) < 4.78 is 1.51. The minimum Gasteiger partial charge on any atom is -1.00 e. The smallest absolute Gasteiger partial charge is 1.00 e. The van der Waals surface area contributed by atoms with E-state index >= 15 is 0 Å². The SMILES string of the molecule is CC1=Cc2c(C)cccc2[CH]1[Hf+2][CH]1C(C)=Cc2c(C)cccc21.[Cl-].[Cl-]. The first kappa shape index (κ1) is 20.7. The van der Waals surface area contributed by atoms with E-state index in [9.17, 15) is 0 Å². The molecule has 2 aromatic carbocycles. The average molecular weight is 536 g/mol. The standard InChI is InChI=1S/2C11H11.2ClH.Hf/c2*1-8-6-10-5-3-4-9(2)11(10)7-8;;;/h2*3-7H,1-2H3;2*1H;/q;;;;+2/p-2. The molecule has 0 amide bonds. The third-order valence-corrected chi connectivity index (χ3v) is 13.2. The largest absolute Gasteiger partial charge is 1.00 e. The van der Waals surface area contributed by atoms with E-state index in [-0.39, 0.29) is 24.8 Å². The molecule has 3 heteroatoms. The molecule has 0 N–H and O–H groups in total. The van der Waals surface area contributed by atoms with Gasteiger partial charge in [-0.15, -0.1) is 0 Å². The number of hydrogen-bond donors (Lipinski definition) is 0. The Morgan fingerprint density at radius 1 is 0.640 bits per heavy atom. The first-order chi connectivity index (χ1) is 11.1. The van der Waals surface area contributed by atoms with Crippen molar-refractivity contribution < 1.29 is 47.7 Å². The zero-order valence-electron chi connectivity index (χ0n) is 15.0. The molecule has 2 aliphatic rings. The normalized spacial score (nSPS) is 19.7. The molecule has 0 spiro atoms. The van der Waals surface area contributed by atoms with E-state index in [1.54, 1.807) is 22.3 Å². The molecule has 128 valence electrons. The molecule has 0 bridgehead atoms. The number of halogens is 2. The number of benzene rings is 2. The Kier molecular flexibility index (Phi) is 6.57. The summed E-state index contributed by atoms with van der Waals surface area (Å²) in [6.45, 7) is 9.20. The van der Waals surface area contributed by atoms with Gasteiger partial charge in [0.15, 0.2) is 0 Å². The maximum absolute atomic E-state index is 2.45. The summed E-state index contributed by atoms with van der Waals surface area (Å²) in [4.78, 5) is 0. The predicted octanol–water partition coefficient (Wildman–Crippen LogP) is 0.0101. The van der Waals surface area contributed by atoms with Crippen LogP contribution in [0, 0.1) is 13.8 Å². The fraction of sp³-hybridized carbons (Fsp3) is 0.273. The minimum absolute atomic E-state index is 0. The molecule has 2 atom stereocenters. The summed E-state index contributed by atoms with van der Waals surface area (Å²) in [7, 11) is 0. The maximum Gasteiger partial charge on any atom is -1.00 e. The summed E-state index contributed by atoms with van der Waals surface area (Å²) in [5, 5.41) is 0. The van der Waals surface area contributed by atoms with Crippen molar-refractivity contribution in [2.45, 2.75) is 35.0 Å². The van der Waals surface area contributed by atoms with Gasteiger partial charge in [0, 0.05) is 0 Å². The zero-order valence-corrected chi connectivity index (χ0v) is 20.1. The maximum atomic E-state index is 2.45. The van der Waals surface area contributed by atoms with Crippen LogP contribution in [-0.2, 0) is 22.9 Å². The van der Waals surface area contributed by atoms with Gasteiger partial charge in [-0.25, -0.2) is 0 Å². The zero-order chi connectivity index (χ0) is 16.1. The van der Waals surface area contributed by atoms with Crippen LogP contribution in [0.15, 0.2) is 47.5 Å². The van der Waals surface area contributed by atoms with Crippen LogP contribution in [0.2, 0.25) is 0 Å². The van der Waals surface area contributed by atoms with E-state index in [0.29, 0.717) is 0 Å². The van der Waals surface area contributed by atoms with Crippen LogP contribution in [0.4, 0.5) is 0 Å². The van der Waals surface area contributed by atoms with E-state index in [2.05, 4.69) is 76.2 Å². The molecule has 0 radical (unpaired) electrons. The van der Waals surface area contributed by atoms with Crippen LogP contribution in [0.1, 0.15) is 54.6 Å². The summed E-state index contributed by atoms with van der Waals surface area (Å²) in [5.41, 5.74) is 12.3. The number of allylic oxidation sites excluding steroid dienone is 2. The van der Waals surface area contributed by atoms with E-state index < -0.39 is 22.9 Å². The van der Waals surface area contributed by atoms with Crippen LogP contribution in [0.5, 0.6) is 0 Å². The Morgan fingerprint density at radius 2 is 1.04 bits per heavy atom. The summed E-state index contributed by atoms with van der Waals surface area (Å²) >= 11 is -0.920. The fourth-order valence-electron chi connectivity index (χ4n) is 4.03. The van der Waals surface area contributed by atoms with Crippen molar-refractivity contribution in [2.24, 2.45) is 0 Å². The van der Waals surface area contributed by atoms with E-state index in [1.165, 1.54) is 22.3 Å². The number of aryl methyl sites for hydroxylation is 2. The van der Waals surface area contributed by atoms with E-state index in [0.717, 1.165) is 7.35 Å². The molecule has 4 rings (SSSR count). The number of hydrogen-bond acceptors (Lipinski definition) is 0. The topological polar surface area (TPSA) is 0 Å². The predicted molar refractivity (Wildman–Crippen MR) is 95.1 cm³/mol. The second-order valence-electron chi connectivity index (χ2n) is 6.97. The minimum atomic E-state index is -0.920. The fourth-order valence-corrected chi connectivity index (χ4v) is 10.8. The van der Waals surface area contributed by atoms with E-state index in [4.69, 9.17) is 0 Å². The molecule has 2 aromatic rings. The number of rotatable bonds is 2. The molecule has 2 unspecified atom stereocenters. The van der Waals surface area contributed by atoms with Crippen LogP contribution in [0.25, 0.3) is 12.2 Å². The Morgan fingerprint density at radius 3 is 1.44 bits per heavy atom. The number of fused-ring (bicyclic) bond motifs is 2. The van der Waals surface area contributed by atoms with Crippen molar-refractivity contribution in [1.29, 1.82) is 0 Å². The van der Waals surface area contributed by atoms with Crippen molar-refractivity contribution in [2.75, 3.05) is 0 Å². The Labute approximate surface area is 175 Å².